The lowest BCUT2D eigenvalue weighted by molar-refractivity contribution is 0.300. The molecule has 8 nitrogen and oxygen atoms in total. The zero-order valence-electron chi connectivity index (χ0n) is 19.1. The van der Waals surface area contributed by atoms with Gasteiger partial charge in [-0.25, -0.2) is 15.0 Å². The zero-order chi connectivity index (χ0) is 23.7. The van der Waals surface area contributed by atoms with E-state index in [9.17, 15) is 4.79 Å². The van der Waals surface area contributed by atoms with E-state index in [2.05, 4.69) is 19.9 Å². The summed E-state index contributed by atoms with van der Waals surface area (Å²) < 4.78 is 12.4. The Morgan fingerprint density at radius 1 is 1.15 bits per heavy atom. The molecule has 33 heavy (non-hydrogen) atoms. The van der Waals surface area contributed by atoms with E-state index in [-0.39, 0.29) is 23.1 Å². The first-order chi connectivity index (χ1) is 15.7. The molecule has 9 heteroatoms. The summed E-state index contributed by atoms with van der Waals surface area (Å²) in [6.07, 6.45) is 4.96. The summed E-state index contributed by atoms with van der Waals surface area (Å²) in [5.74, 6) is 1.76. The average Bonchev–Trinajstić information content (AvgIpc) is 3.21. The van der Waals surface area contributed by atoms with E-state index in [0.717, 1.165) is 17.1 Å². The first-order valence-electron chi connectivity index (χ1n) is 10.5. The maximum absolute atomic E-state index is 13.2. The summed E-state index contributed by atoms with van der Waals surface area (Å²) in [6, 6.07) is 5.30. The summed E-state index contributed by atoms with van der Waals surface area (Å²) in [4.78, 5) is 30.9. The van der Waals surface area contributed by atoms with Crippen LogP contribution in [0, 0.1) is 20.8 Å². The average molecular weight is 466 g/mol. The molecule has 0 aliphatic rings. The van der Waals surface area contributed by atoms with Gasteiger partial charge in [-0.1, -0.05) is 25.4 Å². The minimum absolute atomic E-state index is 0.0144. The van der Waals surface area contributed by atoms with E-state index in [0.29, 0.717) is 34.4 Å². The molecule has 0 fully saturated rings. The summed E-state index contributed by atoms with van der Waals surface area (Å²) in [5, 5.41) is -0.0144. The maximum atomic E-state index is 13.2. The topological polar surface area (TPSA) is 95.9 Å². The second-order valence-corrected chi connectivity index (χ2v) is 8.44. The molecule has 0 spiro atoms. The molecule has 0 saturated heterocycles. The van der Waals surface area contributed by atoms with Crippen LogP contribution >= 0.6 is 11.6 Å². The molecule has 0 amide bonds. The Bertz CT molecular complexity index is 1380. The number of nitrogens with zero attached hydrogens (tertiary/aromatic N) is 5. The molecule has 4 rings (SSSR count). The van der Waals surface area contributed by atoms with Gasteiger partial charge in [0, 0.05) is 37.0 Å². The lowest BCUT2D eigenvalue weighted by atomic mass is 10.1. The number of ether oxygens (including phenoxy) is 1. The molecule has 0 radical (unpaired) electrons. The van der Waals surface area contributed by atoms with Crippen LogP contribution in [0.25, 0.3) is 17.1 Å². The van der Waals surface area contributed by atoms with Crippen LogP contribution in [0.2, 0.25) is 5.02 Å². The van der Waals surface area contributed by atoms with Crippen LogP contribution in [0.5, 0.6) is 5.75 Å². The van der Waals surface area contributed by atoms with Gasteiger partial charge in [-0.15, -0.1) is 0 Å². The number of rotatable bonds is 6. The van der Waals surface area contributed by atoms with Crippen molar-refractivity contribution in [1.82, 2.24) is 24.5 Å². The second kappa shape index (κ2) is 9.15. The summed E-state index contributed by atoms with van der Waals surface area (Å²) in [5.41, 5.74) is 3.81. The van der Waals surface area contributed by atoms with Crippen LogP contribution in [-0.2, 0) is 6.61 Å². The number of aromatic nitrogens is 5. The minimum Gasteiger partial charge on any atom is -0.485 e. The van der Waals surface area contributed by atoms with Gasteiger partial charge in [-0.3, -0.25) is 14.3 Å². The van der Waals surface area contributed by atoms with E-state index in [1.165, 1.54) is 10.8 Å². The highest BCUT2D eigenvalue weighted by atomic mass is 35.5. The molecule has 0 atom stereocenters. The number of aryl methyl sites for hydroxylation is 3. The fourth-order valence-electron chi connectivity index (χ4n) is 3.41. The first-order valence-corrected chi connectivity index (χ1v) is 10.9. The minimum atomic E-state index is -0.387. The third-order valence-corrected chi connectivity index (χ3v) is 5.44. The molecule has 4 aromatic rings. The molecule has 0 aliphatic heterocycles. The van der Waals surface area contributed by atoms with E-state index in [1.54, 1.807) is 31.5 Å². The second-order valence-electron chi connectivity index (χ2n) is 8.06. The zero-order valence-corrected chi connectivity index (χ0v) is 19.8. The molecular weight excluding hydrogens is 442 g/mol. The number of pyridine rings is 2. The van der Waals surface area contributed by atoms with Crippen molar-refractivity contribution in [2.24, 2.45) is 0 Å². The number of hydrogen-bond donors (Lipinski definition) is 0. The quantitative estimate of drug-likeness (QED) is 0.397. The standard InChI is InChI=1S/C24H24ClN5O3/c1-13(2)23-27-10-14(3)22(29-23)19-9-18(6-7-26-19)30-15(4)8-20(21(25)24(30)31)33-12-17-11-32-16(5)28-17/h6-11,13H,12H2,1-5H3. The molecule has 4 heterocycles. The Hall–Kier alpha value is -3.52. The highest BCUT2D eigenvalue weighted by Gasteiger charge is 2.16. The van der Waals surface area contributed by atoms with Crippen molar-refractivity contribution < 1.29 is 9.15 Å². The summed E-state index contributed by atoms with van der Waals surface area (Å²) in [7, 11) is 0. The SMILES string of the molecule is Cc1nc(COc2cc(C)n(-c3ccnc(-c4nc(C(C)C)ncc4C)c3)c(=O)c2Cl)co1. The normalized spacial score (nSPS) is 11.2. The third kappa shape index (κ3) is 4.66. The van der Waals surface area contributed by atoms with Crippen molar-refractivity contribution in [2.45, 2.75) is 47.1 Å². The van der Waals surface area contributed by atoms with Gasteiger partial charge in [0.1, 0.15) is 35.2 Å². The van der Waals surface area contributed by atoms with Crippen molar-refractivity contribution in [3.8, 4) is 22.8 Å². The Kier molecular flexibility index (Phi) is 6.29. The molecule has 0 aliphatic carbocycles. The predicted molar refractivity (Wildman–Crippen MR) is 125 cm³/mol. The smallest absolute Gasteiger partial charge is 0.277 e. The predicted octanol–water partition coefficient (Wildman–Crippen LogP) is 4.96. The molecule has 4 aromatic heterocycles. The molecular formula is C24H24ClN5O3. The third-order valence-electron chi connectivity index (χ3n) is 5.09. The van der Waals surface area contributed by atoms with Crippen LogP contribution < -0.4 is 10.3 Å². The number of oxazole rings is 1. The van der Waals surface area contributed by atoms with Crippen LogP contribution in [0.4, 0.5) is 0 Å². The molecule has 0 unspecified atom stereocenters. The van der Waals surface area contributed by atoms with Crippen molar-refractivity contribution >= 4 is 11.6 Å². The molecule has 170 valence electrons. The van der Waals surface area contributed by atoms with E-state index >= 15 is 0 Å². The number of hydrogen-bond acceptors (Lipinski definition) is 7. The Morgan fingerprint density at radius 2 is 1.94 bits per heavy atom. The first kappa shape index (κ1) is 22.7. The number of halogens is 1. The van der Waals surface area contributed by atoms with Crippen molar-refractivity contribution in [1.29, 1.82) is 0 Å². The highest BCUT2D eigenvalue weighted by Crippen LogP contribution is 2.26. The van der Waals surface area contributed by atoms with Crippen LogP contribution in [-0.4, -0.2) is 24.5 Å². The van der Waals surface area contributed by atoms with Crippen molar-refractivity contribution in [3.63, 3.8) is 0 Å². The maximum Gasteiger partial charge on any atom is 0.277 e. The van der Waals surface area contributed by atoms with Gasteiger partial charge in [-0.2, -0.15) is 0 Å². The largest absolute Gasteiger partial charge is 0.485 e. The van der Waals surface area contributed by atoms with Crippen LogP contribution in [0.3, 0.4) is 0 Å². The highest BCUT2D eigenvalue weighted by molar-refractivity contribution is 6.31. The van der Waals surface area contributed by atoms with Crippen LogP contribution in [0.15, 0.2) is 46.1 Å². The monoisotopic (exact) mass is 465 g/mol. The van der Waals surface area contributed by atoms with Gasteiger partial charge in [-0.05, 0) is 31.5 Å². The Labute approximate surface area is 196 Å². The summed E-state index contributed by atoms with van der Waals surface area (Å²) in [6.45, 7) is 9.72. The van der Waals surface area contributed by atoms with Gasteiger partial charge in [0.15, 0.2) is 5.89 Å². The summed E-state index contributed by atoms with van der Waals surface area (Å²) >= 11 is 6.39. The molecule has 0 bridgehead atoms. The van der Waals surface area contributed by atoms with Gasteiger partial charge in [0.05, 0.1) is 17.1 Å². The molecule has 0 aromatic carbocycles. The lowest BCUT2D eigenvalue weighted by Crippen LogP contribution is -2.22. The fourth-order valence-corrected chi connectivity index (χ4v) is 3.61. The van der Waals surface area contributed by atoms with Gasteiger partial charge in [0.2, 0.25) is 0 Å². The van der Waals surface area contributed by atoms with E-state index < -0.39 is 0 Å². The van der Waals surface area contributed by atoms with Gasteiger partial charge < -0.3 is 9.15 Å². The fraction of sp³-hybridized carbons (Fsp3) is 0.292. The van der Waals surface area contributed by atoms with Gasteiger partial charge in [0.25, 0.3) is 5.56 Å². The van der Waals surface area contributed by atoms with Gasteiger partial charge >= 0.3 is 0 Å². The van der Waals surface area contributed by atoms with Crippen molar-refractivity contribution in [2.75, 3.05) is 0 Å². The van der Waals surface area contributed by atoms with E-state index in [1.807, 2.05) is 33.8 Å². The Balaban J connectivity index is 1.71. The lowest BCUT2D eigenvalue weighted by Gasteiger charge is -2.15. The molecule has 0 saturated carbocycles. The molecule has 0 N–H and O–H groups in total. The van der Waals surface area contributed by atoms with E-state index in [4.69, 9.17) is 20.8 Å². The van der Waals surface area contributed by atoms with Crippen LogP contribution in [0.1, 0.15) is 48.4 Å². The Morgan fingerprint density at radius 3 is 2.64 bits per heavy atom. The van der Waals surface area contributed by atoms with Crippen molar-refractivity contribution in [3.05, 3.63) is 80.9 Å².